The first-order valence-corrected chi connectivity index (χ1v) is 33.0. The van der Waals surface area contributed by atoms with E-state index in [1.807, 2.05) is 82.3 Å². The highest BCUT2D eigenvalue weighted by Gasteiger charge is 2.45. The van der Waals surface area contributed by atoms with Crippen molar-refractivity contribution in [1.82, 2.24) is 51.1 Å². The van der Waals surface area contributed by atoms with Gasteiger partial charge in [0.25, 0.3) is 0 Å². The lowest BCUT2D eigenvalue weighted by atomic mass is 9.90. The maximum absolute atomic E-state index is 14.6. The zero-order valence-electron chi connectivity index (χ0n) is 57.2. The highest BCUT2D eigenvalue weighted by Crippen LogP contribution is 2.32. The number of Topliss-reactive ketones (excluding diaryl/α,β-unsaturated/α-hetero) is 3. The van der Waals surface area contributed by atoms with Crippen molar-refractivity contribution in [3.8, 4) is 0 Å². The number of hydrogen-bond donors (Lipinski definition) is 5. The summed E-state index contributed by atoms with van der Waals surface area (Å²) >= 11 is 0. The van der Waals surface area contributed by atoms with Crippen molar-refractivity contribution >= 4 is 64.9 Å². The largest absolute Gasteiger partial charge is 0.459 e. The monoisotopic (exact) mass is 1280 g/mol. The van der Waals surface area contributed by atoms with Crippen LogP contribution in [-0.2, 0) is 70.4 Å². The van der Waals surface area contributed by atoms with E-state index < -0.39 is 107 Å². The smallest absolute Gasteiger partial charge is 0.408 e. The number of ketones is 3. The van der Waals surface area contributed by atoms with Gasteiger partial charge < -0.3 is 55.2 Å². The Balaban J connectivity index is 1.20. The van der Waals surface area contributed by atoms with Gasteiger partial charge in [-0.3, -0.25) is 53.3 Å². The lowest BCUT2D eigenvalue weighted by Crippen LogP contribution is -2.62. The van der Waals surface area contributed by atoms with Crippen LogP contribution in [0.4, 0.5) is 4.79 Å². The molecule has 0 aromatic heterocycles. The number of hydrogen-bond acceptors (Lipinski definition) is 16. The van der Waals surface area contributed by atoms with Gasteiger partial charge in [-0.05, 0) is 108 Å². The third kappa shape index (κ3) is 22.0. The fourth-order valence-corrected chi connectivity index (χ4v) is 12.3. The molecule has 1 heterocycles. The molecule has 23 nitrogen and oxygen atoms in total. The molecule has 23 heteroatoms. The number of likely N-dealkylation sites (tertiary alicyclic amines) is 1. The van der Waals surface area contributed by atoms with E-state index in [1.165, 1.54) is 59.7 Å². The van der Waals surface area contributed by atoms with Gasteiger partial charge in [-0.15, -0.1) is 0 Å². The van der Waals surface area contributed by atoms with Crippen molar-refractivity contribution in [2.24, 2.45) is 17.8 Å². The van der Waals surface area contributed by atoms with E-state index in [0.717, 1.165) is 55.2 Å². The Bertz CT molecular complexity index is 2850. The number of nitrogens with zero attached hydrogens (tertiary/aromatic N) is 5. The Morgan fingerprint density at radius 3 is 1.95 bits per heavy atom. The predicted octanol–water partition coefficient (Wildman–Crippen LogP) is 5.07. The van der Waals surface area contributed by atoms with Gasteiger partial charge in [0.15, 0.2) is 17.3 Å². The molecule has 7 amide bonds. The van der Waals surface area contributed by atoms with Gasteiger partial charge in [0.05, 0.1) is 43.7 Å². The Morgan fingerprint density at radius 2 is 1.37 bits per heavy atom. The molecule has 2 aromatic carbocycles. The number of nitrogens with one attached hydrogen (secondary N) is 5. The fourth-order valence-electron chi connectivity index (χ4n) is 12.3. The topological polar surface area (TPSA) is 283 Å². The van der Waals surface area contributed by atoms with E-state index in [4.69, 9.17) is 9.47 Å². The second-order valence-electron chi connectivity index (χ2n) is 27.3. The Morgan fingerprint density at radius 1 is 0.728 bits per heavy atom. The van der Waals surface area contributed by atoms with Crippen molar-refractivity contribution in [3.05, 3.63) is 71.3 Å². The molecule has 5 N–H and O–H groups in total. The van der Waals surface area contributed by atoms with Crippen LogP contribution in [-0.4, -0.2) is 211 Å². The number of rotatable bonds is 35. The Kier molecular flexibility index (Phi) is 29.0. The zero-order valence-corrected chi connectivity index (χ0v) is 57.2. The van der Waals surface area contributed by atoms with Crippen LogP contribution >= 0.6 is 0 Å². The van der Waals surface area contributed by atoms with E-state index in [2.05, 4.69) is 26.6 Å². The first-order valence-electron chi connectivity index (χ1n) is 33.0. The van der Waals surface area contributed by atoms with Crippen LogP contribution in [0.15, 0.2) is 54.6 Å². The number of carbonyl (C=O) groups is 11. The minimum Gasteiger partial charge on any atom is -0.459 e. The normalized spacial score (nSPS) is 17.8. The van der Waals surface area contributed by atoms with E-state index in [1.54, 1.807) is 34.6 Å². The number of likely N-dealkylation sites (N-methyl/N-ethyl adjacent to an activating group) is 4. The van der Waals surface area contributed by atoms with Crippen molar-refractivity contribution in [2.75, 3.05) is 68.0 Å². The summed E-state index contributed by atoms with van der Waals surface area (Å²) in [7, 11) is 7.54. The van der Waals surface area contributed by atoms with Crippen molar-refractivity contribution in [1.29, 1.82) is 0 Å². The van der Waals surface area contributed by atoms with Crippen LogP contribution in [0.2, 0.25) is 0 Å². The quantitative estimate of drug-likeness (QED) is 0.0564. The fraction of sp³-hybridized carbons (Fsp3) is 0.667. The molecule has 2 aliphatic carbocycles. The third-order valence-corrected chi connectivity index (χ3v) is 18.3. The summed E-state index contributed by atoms with van der Waals surface area (Å²) < 4.78 is 10.9. The van der Waals surface area contributed by atoms with Gasteiger partial charge in [-0.1, -0.05) is 120 Å². The number of carbonyl (C=O) groups excluding carboxylic acids is 11. The van der Waals surface area contributed by atoms with Crippen molar-refractivity contribution < 1.29 is 62.2 Å². The van der Waals surface area contributed by atoms with Crippen LogP contribution in [0.3, 0.4) is 0 Å². The number of benzene rings is 2. The molecule has 1 aliphatic heterocycles. The third-order valence-electron chi connectivity index (χ3n) is 18.3. The minimum atomic E-state index is -1.19. The number of alkyl carbamates (subject to hydrolysis) is 1. The van der Waals surface area contributed by atoms with E-state index in [-0.39, 0.29) is 87.3 Å². The first kappa shape index (κ1) is 75.6. The van der Waals surface area contributed by atoms with Crippen LogP contribution < -0.4 is 26.6 Å². The number of ether oxygens (including phenoxy) is 2. The molecule has 0 bridgehead atoms. The summed E-state index contributed by atoms with van der Waals surface area (Å²) in [6, 6.07) is 10.2. The second kappa shape index (κ2) is 35.2. The SMILES string of the molecule is CC[C@H](C)[C@H](NC(=O)[C@H](CC(C)C)N(C)C(=O)C[C@H](NCC(=O)[C@@H](NCC(=O)C1(NC(=O)OCc2ccccc2)CCCC1)C1CCCC1)C(=O)N(C)C)C(=O)N(C)[C@@H](C)C(=O)N1CC[C@H]1C(=O)CCN[C@@H](Cc1ccc(C)cc1)C(=O)N(C)CC(=O)OC(C)(C)C. The Hall–Kier alpha value is -7.11. The summed E-state index contributed by atoms with van der Waals surface area (Å²) in [5.41, 5.74) is 0.847. The summed E-state index contributed by atoms with van der Waals surface area (Å²) in [6.45, 7) is 15.9. The predicted molar refractivity (Wildman–Crippen MR) is 349 cm³/mol. The molecule has 2 aromatic rings. The molecule has 0 radical (unpaired) electrons. The summed E-state index contributed by atoms with van der Waals surface area (Å²) in [5, 5.41) is 15.3. The maximum atomic E-state index is 14.6. The van der Waals surface area contributed by atoms with Crippen LogP contribution in [0, 0.1) is 24.7 Å². The van der Waals surface area contributed by atoms with E-state index >= 15 is 0 Å². The molecule has 8 atom stereocenters. The van der Waals surface area contributed by atoms with Crippen molar-refractivity contribution in [3.63, 3.8) is 0 Å². The molecule has 510 valence electrons. The standard InChI is InChI=1S/C69H106N10O13/c1-15-46(5)60(66(89)77(13)47(6)63(86)79-36-32-53(79)55(80)31-35-70-51(38-48-29-27-45(4)28-30-48)65(88)76(12)42-59(84)92-68(7,8)9)73-62(85)54(37-44(2)3)78(14)58(83)39-52(64(87)75(10)11)71-40-56(81)61(50-25-19-20-26-50)72-41-57(82)69(33-21-22-34-69)74-67(90)91-43-49-23-17-16-18-24-49/h16-18,23-24,27-30,44,46-47,50-54,60-61,70-72H,15,19-22,25-26,31-43H2,1-14H3,(H,73,85)(H,74,90)/t46-,47-,51-,52-,53-,54-,60-,61-/m0/s1. The summed E-state index contributed by atoms with van der Waals surface area (Å²) in [4.78, 5) is 160. The average molecular weight is 1280 g/mol. The number of esters is 1. The lowest BCUT2D eigenvalue weighted by molar-refractivity contribution is -0.158. The minimum absolute atomic E-state index is 0.00755. The molecule has 1 saturated heterocycles. The molecule has 3 aliphatic rings. The van der Waals surface area contributed by atoms with Crippen LogP contribution in [0.5, 0.6) is 0 Å². The van der Waals surface area contributed by atoms with Gasteiger partial charge in [-0.2, -0.15) is 0 Å². The van der Waals surface area contributed by atoms with E-state index in [0.29, 0.717) is 32.1 Å². The molecule has 2 saturated carbocycles. The number of amides is 7. The van der Waals surface area contributed by atoms with Crippen LogP contribution in [0.1, 0.15) is 156 Å². The summed E-state index contributed by atoms with van der Waals surface area (Å²) in [5.74, 6) is -4.99. The highest BCUT2D eigenvalue weighted by molar-refractivity contribution is 5.98. The zero-order chi connectivity index (χ0) is 68.2. The highest BCUT2D eigenvalue weighted by atomic mass is 16.6. The molecular formula is C69H106N10O13. The first-order chi connectivity index (χ1) is 43.4. The van der Waals surface area contributed by atoms with Crippen LogP contribution in [0.25, 0.3) is 0 Å². The van der Waals surface area contributed by atoms with E-state index in [9.17, 15) is 52.7 Å². The van der Waals surface area contributed by atoms with Gasteiger partial charge in [0.1, 0.15) is 42.4 Å². The van der Waals surface area contributed by atoms with Gasteiger partial charge in [0.2, 0.25) is 35.4 Å². The Labute approximate surface area is 545 Å². The molecule has 0 unspecified atom stereocenters. The second-order valence-corrected chi connectivity index (χ2v) is 27.3. The number of aryl methyl sites for hydroxylation is 1. The van der Waals surface area contributed by atoms with Crippen molar-refractivity contribution in [2.45, 2.75) is 212 Å². The molecule has 5 rings (SSSR count). The molecule has 0 spiro atoms. The maximum Gasteiger partial charge on any atom is 0.408 e. The van der Waals surface area contributed by atoms with Gasteiger partial charge in [-0.25, -0.2) is 4.79 Å². The van der Waals surface area contributed by atoms with Gasteiger partial charge >= 0.3 is 12.1 Å². The molecular weight excluding hydrogens is 1180 g/mol. The lowest BCUT2D eigenvalue weighted by Gasteiger charge is -2.43. The molecule has 92 heavy (non-hydrogen) atoms. The molecule has 3 fully saturated rings. The van der Waals surface area contributed by atoms with Gasteiger partial charge in [0, 0.05) is 54.7 Å². The summed E-state index contributed by atoms with van der Waals surface area (Å²) in [6.07, 6.45) is 5.85. The average Bonchev–Trinajstić information content (AvgIpc) is 1.05.